The Labute approximate surface area is 103 Å². The van der Waals surface area contributed by atoms with Gasteiger partial charge in [0.1, 0.15) is 23.7 Å². The Kier molecular flexibility index (Phi) is 2.43. The molecule has 5 heteroatoms. The maximum atomic E-state index is 9.77. The van der Waals surface area contributed by atoms with Crippen LogP contribution in [0.3, 0.4) is 0 Å². The molecule has 0 spiro atoms. The van der Waals surface area contributed by atoms with Gasteiger partial charge in [0.15, 0.2) is 5.76 Å². The largest absolute Gasteiger partial charge is 0.507 e. The van der Waals surface area contributed by atoms with Crippen LogP contribution < -0.4 is 0 Å². The molecule has 92 valence electrons. The molecular formula is C13H11NO4. The summed E-state index contributed by atoms with van der Waals surface area (Å²) in [5.74, 6) is 0.664. The molecular weight excluding hydrogens is 234 g/mol. The summed E-state index contributed by atoms with van der Waals surface area (Å²) >= 11 is 0. The molecule has 1 aliphatic rings. The van der Waals surface area contributed by atoms with Crippen molar-refractivity contribution < 1.29 is 19.7 Å². The van der Waals surface area contributed by atoms with Crippen molar-refractivity contribution in [1.29, 1.82) is 0 Å². The molecule has 0 fully saturated rings. The number of aliphatic hydroxyl groups excluding tert-OH is 2. The summed E-state index contributed by atoms with van der Waals surface area (Å²) in [5.41, 5.74) is 0.727. The average molecular weight is 245 g/mol. The van der Waals surface area contributed by atoms with Crippen LogP contribution in [0, 0.1) is 0 Å². The van der Waals surface area contributed by atoms with Crippen LogP contribution >= 0.6 is 0 Å². The summed E-state index contributed by atoms with van der Waals surface area (Å²) in [6.45, 7) is 0. The third-order valence-corrected chi connectivity index (χ3v) is 2.86. The minimum atomic E-state index is -1.10. The summed E-state index contributed by atoms with van der Waals surface area (Å²) in [6.07, 6.45) is 0.906. The SMILES string of the molecule is Oc1ccccc1-c1nc2c(o1)C=CC(O)C2O. The van der Waals surface area contributed by atoms with Gasteiger partial charge in [0.25, 0.3) is 0 Å². The van der Waals surface area contributed by atoms with Gasteiger partial charge in [-0.05, 0) is 24.3 Å². The molecule has 0 saturated heterocycles. The molecule has 5 nitrogen and oxygen atoms in total. The number of fused-ring (bicyclic) bond motifs is 1. The minimum Gasteiger partial charge on any atom is -0.507 e. The van der Waals surface area contributed by atoms with E-state index in [4.69, 9.17) is 4.42 Å². The number of rotatable bonds is 1. The van der Waals surface area contributed by atoms with Gasteiger partial charge in [0, 0.05) is 0 Å². The number of hydrogen-bond donors (Lipinski definition) is 3. The van der Waals surface area contributed by atoms with Crippen LogP contribution in [0.2, 0.25) is 0 Å². The molecule has 3 N–H and O–H groups in total. The molecule has 0 saturated carbocycles. The van der Waals surface area contributed by atoms with Gasteiger partial charge in [0.2, 0.25) is 5.89 Å². The highest BCUT2D eigenvalue weighted by Crippen LogP contribution is 2.34. The molecule has 1 aromatic carbocycles. The predicted octanol–water partition coefficient (Wildman–Crippen LogP) is 1.47. The van der Waals surface area contributed by atoms with Crippen LogP contribution in [0.5, 0.6) is 5.75 Å². The summed E-state index contributed by atoms with van der Waals surface area (Å²) in [5, 5.41) is 29.0. The zero-order chi connectivity index (χ0) is 12.7. The first-order valence-electron chi connectivity index (χ1n) is 5.50. The van der Waals surface area contributed by atoms with E-state index in [1.165, 1.54) is 12.1 Å². The monoisotopic (exact) mass is 245 g/mol. The lowest BCUT2D eigenvalue weighted by Crippen LogP contribution is -2.19. The topological polar surface area (TPSA) is 86.7 Å². The van der Waals surface area contributed by atoms with Crippen molar-refractivity contribution in [1.82, 2.24) is 4.98 Å². The van der Waals surface area contributed by atoms with Crippen LogP contribution in [0.1, 0.15) is 17.6 Å². The molecule has 0 bridgehead atoms. The zero-order valence-electron chi connectivity index (χ0n) is 9.32. The van der Waals surface area contributed by atoms with Crippen molar-refractivity contribution >= 4 is 6.08 Å². The summed E-state index contributed by atoms with van der Waals surface area (Å²) in [6, 6.07) is 6.64. The van der Waals surface area contributed by atoms with E-state index in [0.717, 1.165) is 0 Å². The molecule has 0 aliphatic heterocycles. The molecule has 3 rings (SSSR count). The number of para-hydroxylation sites is 1. The summed E-state index contributed by atoms with van der Waals surface area (Å²) < 4.78 is 5.46. The number of hydrogen-bond acceptors (Lipinski definition) is 5. The van der Waals surface area contributed by atoms with Crippen molar-refractivity contribution in [3.05, 3.63) is 41.8 Å². The number of aliphatic hydroxyl groups is 2. The average Bonchev–Trinajstić information content (AvgIpc) is 2.79. The van der Waals surface area contributed by atoms with Gasteiger partial charge in [-0.2, -0.15) is 0 Å². The number of phenols is 1. The number of aromatic nitrogens is 1. The lowest BCUT2D eigenvalue weighted by atomic mass is 10.0. The van der Waals surface area contributed by atoms with Gasteiger partial charge in [-0.15, -0.1) is 0 Å². The molecule has 2 aromatic rings. The van der Waals surface area contributed by atoms with E-state index >= 15 is 0 Å². The highest BCUT2D eigenvalue weighted by molar-refractivity contribution is 5.64. The third-order valence-electron chi connectivity index (χ3n) is 2.86. The summed E-state index contributed by atoms with van der Waals surface area (Å²) in [7, 11) is 0. The first-order chi connectivity index (χ1) is 8.66. The van der Waals surface area contributed by atoms with Crippen molar-refractivity contribution in [2.45, 2.75) is 12.2 Å². The van der Waals surface area contributed by atoms with Crippen LogP contribution in [0.25, 0.3) is 17.5 Å². The van der Waals surface area contributed by atoms with Crippen LogP contribution in [0.4, 0.5) is 0 Å². The first kappa shape index (κ1) is 11.0. The fourth-order valence-corrected chi connectivity index (χ4v) is 1.90. The number of aromatic hydroxyl groups is 1. The fraction of sp³-hybridized carbons (Fsp3) is 0.154. The molecule has 18 heavy (non-hydrogen) atoms. The number of benzene rings is 1. The Morgan fingerprint density at radius 1 is 1.17 bits per heavy atom. The predicted molar refractivity (Wildman–Crippen MR) is 63.6 cm³/mol. The second-order valence-corrected chi connectivity index (χ2v) is 4.08. The highest BCUT2D eigenvalue weighted by Gasteiger charge is 2.28. The van der Waals surface area contributed by atoms with E-state index in [2.05, 4.69) is 4.98 Å². The Bertz CT molecular complexity index is 617. The molecule has 0 radical (unpaired) electrons. The normalized spacial score (nSPS) is 21.9. The van der Waals surface area contributed by atoms with E-state index in [9.17, 15) is 15.3 Å². The molecule has 1 aliphatic carbocycles. The second-order valence-electron chi connectivity index (χ2n) is 4.08. The van der Waals surface area contributed by atoms with Gasteiger partial charge in [-0.3, -0.25) is 0 Å². The van der Waals surface area contributed by atoms with Gasteiger partial charge in [-0.25, -0.2) is 4.98 Å². The van der Waals surface area contributed by atoms with Crippen molar-refractivity contribution in [2.75, 3.05) is 0 Å². The van der Waals surface area contributed by atoms with E-state index in [1.807, 2.05) is 0 Å². The van der Waals surface area contributed by atoms with Crippen LogP contribution in [0.15, 0.2) is 34.8 Å². The smallest absolute Gasteiger partial charge is 0.230 e. The second kappa shape index (κ2) is 3.97. The molecule has 0 amide bonds. The molecule has 1 aromatic heterocycles. The van der Waals surface area contributed by atoms with Crippen LogP contribution in [-0.4, -0.2) is 26.4 Å². The Balaban J connectivity index is 2.10. The lowest BCUT2D eigenvalue weighted by Gasteiger charge is -2.15. The van der Waals surface area contributed by atoms with Gasteiger partial charge < -0.3 is 19.7 Å². The fourth-order valence-electron chi connectivity index (χ4n) is 1.90. The maximum absolute atomic E-state index is 9.77. The van der Waals surface area contributed by atoms with Crippen molar-refractivity contribution in [2.24, 2.45) is 0 Å². The van der Waals surface area contributed by atoms with Gasteiger partial charge in [0.05, 0.1) is 5.56 Å². The summed E-state index contributed by atoms with van der Waals surface area (Å²) in [4.78, 5) is 4.13. The van der Waals surface area contributed by atoms with Gasteiger partial charge >= 0.3 is 0 Å². The van der Waals surface area contributed by atoms with Gasteiger partial charge in [-0.1, -0.05) is 12.1 Å². The highest BCUT2D eigenvalue weighted by atomic mass is 16.4. The number of oxazole rings is 1. The zero-order valence-corrected chi connectivity index (χ0v) is 9.32. The molecule has 2 atom stereocenters. The quantitative estimate of drug-likeness (QED) is 0.708. The molecule has 2 unspecified atom stereocenters. The van der Waals surface area contributed by atoms with E-state index < -0.39 is 12.2 Å². The first-order valence-corrected chi connectivity index (χ1v) is 5.50. The van der Waals surface area contributed by atoms with E-state index in [0.29, 0.717) is 11.3 Å². The number of phenolic OH excluding ortho intramolecular Hbond substituents is 1. The molecule has 1 heterocycles. The van der Waals surface area contributed by atoms with Crippen molar-refractivity contribution in [3.63, 3.8) is 0 Å². The lowest BCUT2D eigenvalue weighted by molar-refractivity contribution is 0.0437. The Morgan fingerprint density at radius 2 is 1.94 bits per heavy atom. The van der Waals surface area contributed by atoms with E-state index in [1.54, 1.807) is 24.3 Å². The number of nitrogens with zero attached hydrogens (tertiary/aromatic N) is 1. The Hall–Kier alpha value is -2.11. The minimum absolute atomic E-state index is 0.0510. The third kappa shape index (κ3) is 1.61. The van der Waals surface area contributed by atoms with Crippen molar-refractivity contribution in [3.8, 4) is 17.2 Å². The standard InChI is InChI=1S/C13H11NO4/c15-8-4-2-1-3-7(8)13-14-11-10(18-13)6-5-9(16)12(11)17/h1-6,9,12,15-17H. The van der Waals surface area contributed by atoms with Crippen LogP contribution in [-0.2, 0) is 0 Å². The maximum Gasteiger partial charge on any atom is 0.230 e. The van der Waals surface area contributed by atoms with E-state index in [-0.39, 0.29) is 17.3 Å². The Morgan fingerprint density at radius 3 is 2.72 bits per heavy atom.